The van der Waals surface area contributed by atoms with Crippen LogP contribution in [-0.4, -0.2) is 25.1 Å². The minimum atomic E-state index is -2.91. The number of hydrogen-bond acceptors (Lipinski definition) is 4. The summed E-state index contributed by atoms with van der Waals surface area (Å²) in [4.78, 5) is 0. The quantitative estimate of drug-likeness (QED) is 0.477. The molecule has 15 heavy (non-hydrogen) atoms. The van der Waals surface area contributed by atoms with Crippen LogP contribution in [0.3, 0.4) is 0 Å². The van der Waals surface area contributed by atoms with Crippen molar-refractivity contribution in [3.63, 3.8) is 0 Å². The molecule has 0 fully saturated rings. The molecule has 0 saturated carbocycles. The van der Waals surface area contributed by atoms with E-state index in [-0.39, 0.29) is 11.5 Å². The second-order valence-corrected chi connectivity index (χ2v) is 2.53. The fourth-order valence-electron chi connectivity index (χ4n) is 1.02. The molecule has 1 rings (SSSR count). The molecule has 0 amide bonds. The van der Waals surface area contributed by atoms with E-state index in [1.54, 1.807) is 0 Å². The Kier molecular flexibility index (Phi) is 3.84. The average Bonchev–Trinajstić information content (AvgIpc) is 2.20. The lowest BCUT2D eigenvalue weighted by Gasteiger charge is -2.09. The fourth-order valence-corrected chi connectivity index (χ4v) is 1.02. The summed E-state index contributed by atoms with van der Waals surface area (Å²) in [5.74, 6) is 0.0790. The summed E-state index contributed by atoms with van der Waals surface area (Å²) in [6.07, 6.45) is 1.15. The van der Waals surface area contributed by atoms with E-state index in [2.05, 4.69) is 9.89 Å². The van der Waals surface area contributed by atoms with Crippen LogP contribution in [0.5, 0.6) is 11.5 Å². The topological polar surface area (TPSA) is 51.0 Å². The summed E-state index contributed by atoms with van der Waals surface area (Å²) in [5.41, 5.74) is 0.510. The number of methoxy groups -OCH3 is 1. The van der Waals surface area contributed by atoms with Crippen LogP contribution in [0.2, 0.25) is 0 Å². The molecule has 0 aliphatic heterocycles. The van der Waals surface area contributed by atoms with Crippen LogP contribution in [0.25, 0.3) is 0 Å². The molecule has 0 aromatic heterocycles. The minimum Gasteiger partial charge on any atom is -0.493 e. The van der Waals surface area contributed by atoms with E-state index in [4.69, 9.17) is 9.94 Å². The smallest absolute Gasteiger partial charge is 0.387 e. The Labute approximate surface area is 84.7 Å². The molecule has 6 heteroatoms. The molecule has 82 valence electrons. The minimum absolute atomic E-state index is 0.0670. The summed E-state index contributed by atoms with van der Waals surface area (Å²) in [6.45, 7) is -2.91. The van der Waals surface area contributed by atoms with Crippen molar-refractivity contribution in [3.8, 4) is 11.5 Å². The maximum absolute atomic E-state index is 11.9. The van der Waals surface area contributed by atoms with E-state index in [0.717, 1.165) is 6.21 Å². The third-order valence-electron chi connectivity index (χ3n) is 1.61. The zero-order valence-corrected chi connectivity index (χ0v) is 7.85. The Bertz CT molecular complexity index is 355. The van der Waals surface area contributed by atoms with Gasteiger partial charge >= 0.3 is 6.61 Å². The van der Waals surface area contributed by atoms with Crippen LogP contribution in [0.1, 0.15) is 5.56 Å². The van der Waals surface area contributed by atoms with Gasteiger partial charge < -0.3 is 14.7 Å². The summed E-state index contributed by atoms with van der Waals surface area (Å²) in [7, 11) is 1.33. The normalized spacial score (nSPS) is 10.9. The molecule has 0 aliphatic carbocycles. The van der Waals surface area contributed by atoms with Gasteiger partial charge in [0.15, 0.2) is 11.5 Å². The van der Waals surface area contributed by atoms with Crippen LogP contribution in [0.15, 0.2) is 23.4 Å². The van der Waals surface area contributed by atoms with Crippen molar-refractivity contribution in [2.24, 2.45) is 5.16 Å². The van der Waals surface area contributed by atoms with Crippen molar-refractivity contribution in [2.45, 2.75) is 6.61 Å². The zero-order valence-electron chi connectivity index (χ0n) is 7.85. The highest BCUT2D eigenvalue weighted by Gasteiger charge is 2.10. The summed E-state index contributed by atoms with van der Waals surface area (Å²) >= 11 is 0. The highest BCUT2D eigenvalue weighted by molar-refractivity contribution is 5.80. The lowest BCUT2D eigenvalue weighted by Crippen LogP contribution is -2.03. The van der Waals surface area contributed by atoms with Crippen molar-refractivity contribution in [1.82, 2.24) is 0 Å². The molecule has 0 bridgehead atoms. The van der Waals surface area contributed by atoms with Crippen LogP contribution >= 0.6 is 0 Å². The largest absolute Gasteiger partial charge is 0.493 e. The van der Waals surface area contributed by atoms with Gasteiger partial charge in [-0.15, -0.1) is 0 Å². The molecule has 1 aromatic carbocycles. The molecule has 0 unspecified atom stereocenters. The maximum atomic E-state index is 11.9. The van der Waals surface area contributed by atoms with Gasteiger partial charge in [0, 0.05) is 5.56 Å². The average molecular weight is 217 g/mol. The number of alkyl halides is 2. The van der Waals surface area contributed by atoms with E-state index in [9.17, 15) is 8.78 Å². The monoisotopic (exact) mass is 217 g/mol. The Morgan fingerprint density at radius 1 is 1.40 bits per heavy atom. The van der Waals surface area contributed by atoms with E-state index >= 15 is 0 Å². The molecule has 0 heterocycles. The molecule has 4 nitrogen and oxygen atoms in total. The lowest BCUT2D eigenvalue weighted by molar-refractivity contribution is -0.0512. The molecule has 1 aromatic rings. The Morgan fingerprint density at radius 3 is 2.67 bits per heavy atom. The Balaban J connectivity index is 2.98. The SMILES string of the molecule is COc1cc(/C=N/O)ccc1OC(F)F. The number of nitrogens with zero attached hydrogens (tertiary/aromatic N) is 1. The van der Waals surface area contributed by atoms with Crippen LogP contribution in [-0.2, 0) is 0 Å². The van der Waals surface area contributed by atoms with Gasteiger partial charge in [0.2, 0.25) is 0 Å². The predicted molar refractivity (Wildman–Crippen MR) is 49.0 cm³/mol. The molecular formula is C9H9F2NO3. The van der Waals surface area contributed by atoms with Crippen molar-refractivity contribution in [3.05, 3.63) is 23.8 Å². The summed E-state index contributed by atoms with van der Waals surface area (Å²) in [6, 6.07) is 4.18. The first-order chi connectivity index (χ1) is 7.17. The van der Waals surface area contributed by atoms with Gasteiger partial charge in [-0.2, -0.15) is 8.78 Å². The van der Waals surface area contributed by atoms with E-state index in [1.807, 2.05) is 0 Å². The predicted octanol–water partition coefficient (Wildman–Crippen LogP) is 2.10. The van der Waals surface area contributed by atoms with Crippen molar-refractivity contribution < 1.29 is 23.5 Å². The molecule has 0 atom stereocenters. The first-order valence-corrected chi connectivity index (χ1v) is 3.97. The maximum Gasteiger partial charge on any atom is 0.387 e. The second kappa shape index (κ2) is 5.14. The van der Waals surface area contributed by atoms with Crippen molar-refractivity contribution in [1.29, 1.82) is 0 Å². The van der Waals surface area contributed by atoms with E-state index < -0.39 is 6.61 Å². The van der Waals surface area contributed by atoms with Gasteiger partial charge in [-0.05, 0) is 18.2 Å². The highest BCUT2D eigenvalue weighted by Crippen LogP contribution is 2.28. The van der Waals surface area contributed by atoms with Gasteiger partial charge in [0.1, 0.15) is 0 Å². The lowest BCUT2D eigenvalue weighted by atomic mass is 10.2. The first kappa shape index (κ1) is 11.2. The Hall–Kier alpha value is -1.85. The van der Waals surface area contributed by atoms with E-state index in [1.165, 1.54) is 25.3 Å². The van der Waals surface area contributed by atoms with Gasteiger partial charge in [0.25, 0.3) is 0 Å². The first-order valence-electron chi connectivity index (χ1n) is 3.97. The highest BCUT2D eigenvalue weighted by atomic mass is 19.3. The second-order valence-electron chi connectivity index (χ2n) is 2.53. The number of hydrogen-bond donors (Lipinski definition) is 1. The molecular weight excluding hydrogens is 208 g/mol. The van der Waals surface area contributed by atoms with Crippen LogP contribution in [0.4, 0.5) is 8.78 Å². The van der Waals surface area contributed by atoms with Gasteiger partial charge in [-0.25, -0.2) is 0 Å². The molecule has 0 spiro atoms. The number of rotatable bonds is 4. The number of halogens is 2. The number of benzene rings is 1. The third-order valence-corrected chi connectivity index (χ3v) is 1.61. The van der Waals surface area contributed by atoms with E-state index in [0.29, 0.717) is 5.56 Å². The summed E-state index contributed by atoms with van der Waals surface area (Å²) in [5, 5.41) is 11.1. The summed E-state index contributed by atoms with van der Waals surface area (Å²) < 4.78 is 32.9. The van der Waals surface area contributed by atoms with Gasteiger partial charge in [0.05, 0.1) is 13.3 Å². The van der Waals surface area contributed by atoms with Gasteiger partial charge in [-0.3, -0.25) is 0 Å². The molecule has 0 saturated heterocycles. The number of oxime groups is 1. The van der Waals surface area contributed by atoms with Gasteiger partial charge in [-0.1, -0.05) is 5.16 Å². The van der Waals surface area contributed by atoms with Crippen LogP contribution < -0.4 is 9.47 Å². The zero-order chi connectivity index (χ0) is 11.3. The fraction of sp³-hybridized carbons (Fsp3) is 0.222. The van der Waals surface area contributed by atoms with Crippen molar-refractivity contribution in [2.75, 3.05) is 7.11 Å². The number of ether oxygens (including phenoxy) is 2. The standard InChI is InChI=1S/C9H9F2NO3/c1-14-8-4-6(5-12-13)2-3-7(8)15-9(10)11/h2-5,9,13H,1H3/b12-5+. The molecule has 0 radical (unpaired) electrons. The Morgan fingerprint density at radius 2 is 2.13 bits per heavy atom. The molecule has 0 aliphatic rings. The molecule has 1 N–H and O–H groups in total. The van der Waals surface area contributed by atoms with Crippen molar-refractivity contribution >= 4 is 6.21 Å². The van der Waals surface area contributed by atoms with Crippen LogP contribution in [0, 0.1) is 0 Å². The third kappa shape index (κ3) is 3.08.